The number of rotatable bonds is 13. The molecule has 0 aromatic heterocycles. The van der Waals surface area contributed by atoms with E-state index in [1.807, 2.05) is 4.90 Å². The van der Waals surface area contributed by atoms with Gasteiger partial charge in [-0.15, -0.1) is 0 Å². The van der Waals surface area contributed by atoms with Crippen molar-refractivity contribution in [1.29, 1.82) is 0 Å². The Bertz CT molecular complexity index is 219. The van der Waals surface area contributed by atoms with Gasteiger partial charge in [-0.05, 0) is 19.3 Å². The Hall–Kier alpha value is -0.570. The number of amides is 1. The molecule has 0 aromatic rings. The van der Waals surface area contributed by atoms with Gasteiger partial charge < -0.3 is 10.6 Å². The Labute approximate surface area is 126 Å². The third kappa shape index (κ3) is 9.35. The van der Waals surface area contributed by atoms with Crippen LogP contribution in [0, 0.1) is 0 Å². The second-order valence-corrected chi connectivity index (χ2v) is 5.84. The second-order valence-electron chi connectivity index (χ2n) is 5.84. The van der Waals surface area contributed by atoms with E-state index in [1.54, 1.807) is 0 Å². The quantitative estimate of drug-likeness (QED) is 0.517. The second kappa shape index (κ2) is 13.4. The van der Waals surface area contributed by atoms with Gasteiger partial charge in [-0.3, -0.25) is 4.79 Å². The zero-order valence-corrected chi connectivity index (χ0v) is 14.0. The minimum atomic E-state index is -0.294. The molecule has 1 amide bonds. The number of nitrogens with zero attached hydrogens (tertiary/aromatic N) is 1. The van der Waals surface area contributed by atoms with Crippen molar-refractivity contribution in [3.8, 4) is 0 Å². The molecule has 3 nitrogen and oxygen atoms in total. The molecule has 1 atom stereocenters. The van der Waals surface area contributed by atoms with Crippen LogP contribution in [0.3, 0.4) is 0 Å². The molecule has 0 heterocycles. The summed E-state index contributed by atoms with van der Waals surface area (Å²) in [5.74, 6) is 0.167. The van der Waals surface area contributed by atoms with Crippen molar-refractivity contribution in [3.05, 3.63) is 0 Å². The smallest absolute Gasteiger partial charge is 0.239 e. The van der Waals surface area contributed by atoms with E-state index >= 15 is 0 Å². The molecule has 20 heavy (non-hydrogen) atoms. The first kappa shape index (κ1) is 19.4. The van der Waals surface area contributed by atoms with Crippen LogP contribution in [0.15, 0.2) is 0 Å². The first-order valence-corrected chi connectivity index (χ1v) is 8.71. The first-order valence-electron chi connectivity index (χ1n) is 8.71. The topological polar surface area (TPSA) is 46.3 Å². The maximum atomic E-state index is 12.4. The minimum Gasteiger partial charge on any atom is -0.341 e. The standard InChI is InChI=1S/C17H36N2O/c1-4-7-9-11-14-19(15-12-10-8-5-2)17(20)16(18)13-6-3/h16H,4-15,18H2,1-3H3/t16-/m0/s1. The highest BCUT2D eigenvalue weighted by molar-refractivity contribution is 5.81. The van der Waals surface area contributed by atoms with E-state index in [0.717, 1.165) is 38.8 Å². The van der Waals surface area contributed by atoms with Gasteiger partial charge in [-0.2, -0.15) is 0 Å². The zero-order chi connectivity index (χ0) is 15.2. The molecule has 0 spiro atoms. The fraction of sp³-hybridized carbons (Fsp3) is 0.941. The van der Waals surface area contributed by atoms with Crippen molar-refractivity contribution >= 4 is 5.91 Å². The molecule has 0 bridgehead atoms. The van der Waals surface area contributed by atoms with Crippen molar-refractivity contribution in [1.82, 2.24) is 4.90 Å². The Kier molecular flexibility index (Phi) is 13.0. The number of hydrogen-bond acceptors (Lipinski definition) is 2. The van der Waals surface area contributed by atoms with Crippen LogP contribution in [0.5, 0.6) is 0 Å². The lowest BCUT2D eigenvalue weighted by atomic mass is 10.1. The molecule has 0 saturated carbocycles. The maximum Gasteiger partial charge on any atom is 0.239 e. The average molecular weight is 284 g/mol. The molecular weight excluding hydrogens is 248 g/mol. The lowest BCUT2D eigenvalue weighted by molar-refractivity contribution is -0.133. The predicted molar refractivity (Wildman–Crippen MR) is 87.7 cm³/mol. The molecule has 0 unspecified atom stereocenters. The van der Waals surface area contributed by atoms with Crippen LogP contribution < -0.4 is 5.73 Å². The average Bonchev–Trinajstić information content (AvgIpc) is 2.45. The highest BCUT2D eigenvalue weighted by Gasteiger charge is 2.19. The summed E-state index contributed by atoms with van der Waals surface area (Å²) in [5.41, 5.74) is 6.00. The summed E-state index contributed by atoms with van der Waals surface area (Å²) in [6, 6.07) is -0.294. The predicted octanol–water partition coefficient (Wildman–Crippen LogP) is 4.10. The molecule has 2 N–H and O–H groups in total. The molecule has 0 aliphatic carbocycles. The molecule has 0 rings (SSSR count). The first-order chi connectivity index (χ1) is 9.67. The van der Waals surface area contributed by atoms with E-state index in [-0.39, 0.29) is 11.9 Å². The number of unbranched alkanes of at least 4 members (excludes halogenated alkanes) is 6. The van der Waals surface area contributed by atoms with Gasteiger partial charge >= 0.3 is 0 Å². The number of carbonyl (C=O) groups excluding carboxylic acids is 1. The molecule has 0 radical (unpaired) electrons. The molecule has 0 aliphatic rings. The normalized spacial score (nSPS) is 12.4. The summed E-state index contributed by atoms with van der Waals surface area (Å²) < 4.78 is 0. The summed E-state index contributed by atoms with van der Waals surface area (Å²) in [4.78, 5) is 14.4. The van der Waals surface area contributed by atoms with Crippen LogP contribution >= 0.6 is 0 Å². The Morgan fingerprint density at radius 1 is 0.850 bits per heavy atom. The van der Waals surface area contributed by atoms with Gasteiger partial charge in [0.05, 0.1) is 6.04 Å². The van der Waals surface area contributed by atoms with E-state index in [4.69, 9.17) is 5.73 Å². The van der Waals surface area contributed by atoms with Crippen LogP contribution in [0.1, 0.15) is 85.0 Å². The van der Waals surface area contributed by atoms with Crippen LogP contribution in [0.2, 0.25) is 0 Å². The Morgan fingerprint density at radius 3 is 1.75 bits per heavy atom. The van der Waals surface area contributed by atoms with Crippen LogP contribution in [-0.2, 0) is 4.79 Å². The van der Waals surface area contributed by atoms with Gasteiger partial charge in [-0.25, -0.2) is 0 Å². The summed E-state index contributed by atoms with van der Waals surface area (Å²) in [7, 11) is 0. The highest BCUT2D eigenvalue weighted by Crippen LogP contribution is 2.08. The van der Waals surface area contributed by atoms with Crippen molar-refractivity contribution in [2.75, 3.05) is 13.1 Å². The van der Waals surface area contributed by atoms with Crippen molar-refractivity contribution < 1.29 is 4.79 Å². The molecule has 0 saturated heterocycles. The van der Waals surface area contributed by atoms with Gasteiger partial charge in [0.25, 0.3) is 0 Å². The van der Waals surface area contributed by atoms with Gasteiger partial charge in [0.15, 0.2) is 0 Å². The van der Waals surface area contributed by atoms with E-state index in [2.05, 4.69) is 20.8 Å². The van der Waals surface area contributed by atoms with E-state index in [9.17, 15) is 4.79 Å². The monoisotopic (exact) mass is 284 g/mol. The lowest BCUT2D eigenvalue weighted by Gasteiger charge is -2.26. The molecule has 3 heteroatoms. The SMILES string of the molecule is CCCCCCN(CCCCCC)C(=O)[C@@H](N)CCC. The molecule has 0 aromatic carbocycles. The van der Waals surface area contributed by atoms with Crippen molar-refractivity contribution in [3.63, 3.8) is 0 Å². The van der Waals surface area contributed by atoms with Gasteiger partial charge in [0.2, 0.25) is 5.91 Å². The fourth-order valence-electron chi connectivity index (χ4n) is 2.46. The van der Waals surface area contributed by atoms with Gasteiger partial charge in [-0.1, -0.05) is 65.7 Å². The van der Waals surface area contributed by atoms with Crippen molar-refractivity contribution in [2.24, 2.45) is 5.73 Å². The molecular formula is C17H36N2O. The van der Waals surface area contributed by atoms with Crippen LogP contribution in [0.4, 0.5) is 0 Å². The number of carbonyl (C=O) groups is 1. The Balaban J connectivity index is 4.18. The fourth-order valence-corrected chi connectivity index (χ4v) is 2.46. The molecule has 120 valence electrons. The number of hydrogen-bond donors (Lipinski definition) is 1. The maximum absolute atomic E-state index is 12.4. The summed E-state index contributed by atoms with van der Waals surface area (Å²) >= 11 is 0. The third-order valence-corrected chi connectivity index (χ3v) is 3.79. The van der Waals surface area contributed by atoms with E-state index in [1.165, 1.54) is 38.5 Å². The highest BCUT2D eigenvalue weighted by atomic mass is 16.2. The van der Waals surface area contributed by atoms with Crippen molar-refractivity contribution in [2.45, 2.75) is 91.0 Å². The van der Waals surface area contributed by atoms with Crippen LogP contribution in [0.25, 0.3) is 0 Å². The summed E-state index contributed by atoms with van der Waals surface area (Å²) in [6.07, 6.45) is 11.5. The molecule has 0 fully saturated rings. The number of nitrogens with two attached hydrogens (primary N) is 1. The molecule has 0 aliphatic heterocycles. The van der Waals surface area contributed by atoms with Gasteiger partial charge in [0.1, 0.15) is 0 Å². The minimum absolute atomic E-state index is 0.167. The van der Waals surface area contributed by atoms with E-state index in [0.29, 0.717) is 0 Å². The summed E-state index contributed by atoms with van der Waals surface area (Å²) in [5, 5.41) is 0. The lowest BCUT2D eigenvalue weighted by Crippen LogP contribution is -2.44. The van der Waals surface area contributed by atoms with E-state index < -0.39 is 0 Å². The summed E-state index contributed by atoms with van der Waals surface area (Å²) in [6.45, 7) is 8.29. The zero-order valence-electron chi connectivity index (χ0n) is 14.0. The third-order valence-electron chi connectivity index (χ3n) is 3.79. The Morgan fingerprint density at radius 2 is 1.35 bits per heavy atom. The largest absolute Gasteiger partial charge is 0.341 e. The van der Waals surface area contributed by atoms with Gasteiger partial charge in [0, 0.05) is 13.1 Å². The van der Waals surface area contributed by atoms with Crippen LogP contribution in [-0.4, -0.2) is 29.9 Å².